The molecule has 0 bridgehead atoms. The van der Waals surface area contributed by atoms with Gasteiger partial charge in [0.25, 0.3) is 0 Å². The molecule has 2 saturated carbocycles. The summed E-state index contributed by atoms with van der Waals surface area (Å²) in [5.41, 5.74) is 3.37. The third-order valence-electron chi connectivity index (χ3n) is 12.6. The van der Waals surface area contributed by atoms with Crippen molar-refractivity contribution in [3.05, 3.63) is 36.3 Å². The largest absolute Gasteiger partial charge is 0.335 e. The van der Waals surface area contributed by atoms with E-state index in [9.17, 15) is 9.59 Å². The van der Waals surface area contributed by atoms with Crippen LogP contribution in [0.15, 0.2) is 30.6 Å². The molecule has 3 amide bonds. The minimum atomic E-state index is -0.0643. The second kappa shape index (κ2) is 21.1. The van der Waals surface area contributed by atoms with Crippen LogP contribution in [0, 0.1) is 22.7 Å². The predicted molar refractivity (Wildman–Crippen MR) is 245 cm³/mol. The van der Waals surface area contributed by atoms with Gasteiger partial charge in [-0.3, -0.25) is 4.79 Å². The number of pyridine rings is 1. The van der Waals surface area contributed by atoms with E-state index in [0.29, 0.717) is 28.8 Å². The topological polar surface area (TPSA) is 61.2 Å². The van der Waals surface area contributed by atoms with E-state index in [1.165, 1.54) is 57.8 Å². The molecule has 7 heteroatoms. The van der Waals surface area contributed by atoms with Gasteiger partial charge in [-0.2, -0.15) is 0 Å². The summed E-state index contributed by atoms with van der Waals surface area (Å²) in [6.07, 6.45) is 21.4. The molecule has 2 aromatic rings. The standard InChI is InChI=1S/C11H14N2.C10H20N2O.C10H19NO.C10H20.C9H18/c1-11(2,3)9-8-13-7-5-4-6-10(13)12-9;1-8-6-7-11(5)9(13)12(8)10(2,3)4;1-8-6-5-7-9(12)11(8)10(2,3)4;1-10(2,3)9-7-5-4-6-8-9;1-9(2,3)8-6-4-5-7-8/h4-8H,1-3H3;8H,6-7H2,1-5H3;8H,5-7H2,1-4H3;9H,4-8H2,1-3H3;8H,4-7H2,1-3H3. The molecule has 0 aromatic carbocycles. The maximum atomic E-state index is 11.8. The summed E-state index contributed by atoms with van der Waals surface area (Å²) in [5.74, 6) is 2.33. The van der Waals surface area contributed by atoms with Gasteiger partial charge in [0.1, 0.15) is 5.65 Å². The lowest BCUT2D eigenvalue weighted by Gasteiger charge is -2.46. The van der Waals surface area contributed by atoms with Crippen molar-refractivity contribution in [2.45, 2.75) is 230 Å². The van der Waals surface area contributed by atoms with Crippen molar-refractivity contribution in [2.75, 3.05) is 13.6 Å². The van der Waals surface area contributed by atoms with E-state index in [1.807, 2.05) is 41.2 Å². The van der Waals surface area contributed by atoms with Crippen molar-refractivity contribution >= 4 is 17.6 Å². The van der Waals surface area contributed by atoms with Gasteiger partial charge in [0.05, 0.1) is 5.69 Å². The minimum absolute atomic E-state index is 0.00306. The van der Waals surface area contributed by atoms with E-state index >= 15 is 0 Å². The first-order valence-electron chi connectivity index (χ1n) is 22.9. The van der Waals surface area contributed by atoms with Crippen LogP contribution in [0.5, 0.6) is 0 Å². The number of carbonyl (C=O) groups excluding carboxylic acids is 2. The molecule has 57 heavy (non-hydrogen) atoms. The second-order valence-corrected chi connectivity index (χ2v) is 22.9. The van der Waals surface area contributed by atoms with E-state index in [-0.39, 0.29) is 22.5 Å². The normalized spacial score (nSPS) is 21.8. The number of hydrogen-bond donors (Lipinski definition) is 0. The van der Waals surface area contributed by atoms with Gasteiger partial charge in [0, 0.05) is 61.0 Å². The first kappa shape index (κ1) is 50.6. The maximum Gasteiger partial charge on any atom is 0.320 e. The average Bonchev–Trinajstić information content (AvgIpc) is 3.78. The Bertz CT molecular complexity index is 1450. The van der Waals surface area contributed by atoms with E-state index in [4.69, 9.17) is 0 Å². The number of amides is 3. The van der Waals surface area contributed by atoms with Crippen LogP contribution >= 0.6 is 0 Å². The van der Waals surface area contributed by atoms with Crippen LogP contribution in [-0.4, -0.2) is 72.8 Å². The summed E-state index contributed by atoms with van der Waals surface area (Å²) < 4.78 is 2.06. The fraction of sp³-hybridized carbons (Fsp3) is 0.820. The van der Waals surface area contributed by atoms with Gasteiger partial charge in [-0.15, -0.1) is 0 Å². The van der Waals surface area contributed by atoms with Crippen LogP contribution in [0.3, 0.4) is 0 Å². The number of imidazole rings is 1. The Morgan fingerprint density at radius 2 is 1.07 bits per heavy atom. The van der Waals surface area contributed by atoms with Crippen LogP contribution in [0.25, 0.3) is 5.65 Å². The van der Waals surface area contributed by atoms with E-state index < -0.39 is 0 Å². The Labute approximate surface area is 352 Å². The number of hydrogen-bond acceptors (Lipinski definition) is 3. The van der Waals surface area contributed by atoms with Crippen LogP contribution in [-0.2, 0) is 10.2 Å². The summed E-state index contributed by atoms with van der Waals surface area (Å²) >= 11 is 0. The molecular weight excluding hydrogens is 703 g/mol. The lowest BCUT2D eigenvalue weighted by atomic mass is 9.72. The van der Waals surface area contributed by atoms with Crippen molar-refractivity contribution in [3.8, 4) is 0 Å². The molecule has 6 rings (SSSR count). The van der Waals surface area contributed by atoms with Crippen LogP contribution in [0.4, 0.5) is 4.79 Å². The van der Waals surface area contributed by atoms with Gasteiger partial charge in [-0.1, -0.05) is 100 Å². The molecule has 2 unspecified atom stereocenters. The van der Waals surface area contributed by atoms with Crippen molar-refractivity contribution in [1.82, 2.24) is 24.1 Å². The highest BCUT2D eigenvalue weighted by Crippen LogP contribution is 2.39. The van der Waals surface area contributed by atoms with Gasteiger partial charge in [0.2, 0.25) is 5.91 Å². The average molecular weight is 794 g/mol. The van der Waals surface area contributed by atoms with Gasteiger partial charge >= 0.3 is 6.03 Å². The van der Waals surface area contributed by atoms with Gasteiger partial charge in [-0.05, 0) is 135 Å². The van der Waals surface area contributed by atoms with E-state index in [2.05, 4.69) is 133 Å². The molecule has 2 aromatic heterocycles. The van der Waals surface area contributed by atoms with E-state index in [1.54, 1.807) is 4.90 Å². The molecule has 0 N–H and O–H groups in total. The number of piperidine rings is 1. The van der Waals surface area contributed by atoms with Gasteiger partial charge < -0.3 is 19.1 Å². The fourth-order valence-electron chi connectivity index (χ4n) is 9.06. The van der Waals surface area contributed by atoms with Crippen molar-refractivity contribution in [1.29, 1.82) is 0 Å². The number of fused-ring (bicyclic) bond motifs is 1. The third-order valence-corrected chi connectivity index (χ3v) is 12.6. The van der Waals surface area contributed by atoms with Gasteiger partial charge in [-0.25, -0.2) is 9.78 Å². The lowest BCUT2D eigenvalue weighted by Crippen LogP contribution is -2.59. The van der Waals surface area contributed by atoms with E-state index in [0.717, 1.165) is 55.4 Å². The lowest BCUT2D eigenvalue weighted by molar-refractivity contribution is -0.141. The first-order valence-corrected chi connectivity index (χ1v) is 22.9. The zero-order valence-electron chi connectivity index (χ0n) is 40.6. The Morgan fingerprint density at radius 1 is 0.596 bits per heavy atom. The summed E-state index contributed by atoms with van der Waals surface area (Å²) in [7, 11) is 1.87. The number of urea groups is 1. The minimum Gasteiger partial charge on any atom is -0.335 e. The summed E-state index contributed by atoms with van der Waals surface area (Å²) in [5, 5.41) is 0. The molecule has 4 fully saturated rings. The Balaban J connectivity index is 0.000000248. The molecule has 4 aliphatic rings. The summed E-state index contributed by atoms with van der Waals surface area (Å²) in [4.78, 5) is 33.7. The summed E-state index contributed by atoms with van der Waals surface area (Å²) in [6, 6.07) is 6.99. The van der Waals surface area contributed by atoms with Gasteiger partial charge in [0.15, 0.2) is 0 Å². The zero-order valence-corrected chi connectivity index (χ0v) is 40.6. The molecule has 0 spiro atoms. The number of nitrogens with zero attached hydrogens (tertiary/aromatic N) is 5. The molecule has 2 aliphatic heterocycles. The molecular formula is C50H91N5O2. The highest BCUT2D eigenvalue weighted by atomic mass is 16.2. The highest BCUT2D eigenvalue weighted by Gasteiger charge is 2.36. The van der Waals surface area contributed by atoms with Crippen molar-refractivity contribution in [2.24, 2.45) is 22.7 Å². The molecule has 7 nitrogen and oxygen atoms in total. The van der Waals surface area contributed by atoms with Crippen LogP contribution in [0.2, 0.25) is 0 Å². The first-order chi connectivity index (χ1) is 26.0. The van der Waals surface area contributed by atoms with Crippen LogP contribution in [0.1, 0.15) is 207 Å². The number of likely N-dealkylation sites (tertiary alicyclic amines) is 1. The Kier molecular flexibility index (Phi) is 18.7. The third kappa shape index (κ3) is 16.5. The maximum absolute atomic E-state index is 11.8. The van der Waals surface area contributed by atoms with Crippen LogP contribution < -0.4 is 0 Å². The van der Waals surface area contributed by atoms with Crippen molar-refractivity contribution in [3.63, 3.8) is 0 Å². The summed E-state index contributed by atoms with van der Waals surface area (Å²) in [6.45, 7) is 38.5. The zero-order chi connectivity index (χ0) is 43.6. The monoisotopic (exact) mass is 794 g/mol. The molecule has 2 saturated heterocycles. The second-order valence-electron chi connectivity index (χ2n) is 22.9. The smallest absolute Gasteiger partial charge is 0.320 e. The molecule has 2 aliphatic carbocycles. The Hall–Kier alpha value is -2.57. The fourth-order valence-corrected chi connectivity index (χ4v) is 9.06. The molecule has 4 heterocycles. The SMILES string of the molecule is CC(C)(C)C1CCCC1.CC(C)(C)C1CCCCC1.CC(C)(C)c1cn2ccccc2n1.CC1CCCC(=O)N1C(C)(C)C.CC1CCN(C)C(=O)N1C(C)(C)C. The van der Waals surface area contributed by atoms with Crippen molar-refractivity contribution < 1.29 is 9.59 Å². The Morgan fingerprint density at radius 3 is 1.44 bits per heavy atom. The number of rotatable bonds is 0. The molecule has 2 atom stereocenters. The quantitative estimate of drug-likeness (QED) is 0.267. The highest BCUT2D eigenvalue weighted by molar-refractivity contribution is 5.78. The molecule has 328 valence electrons. The number of carbonyl (C=O) groups is 2. The molecule has 0 radical (unpaired) electrons. The number of aromatic nitrogens is 2. The predicted octanol–water partition coefficient (Wildman–Crippen LogP) is 13.6.